The van der Waals surface area contributed by atoms with Gasteiger partial charge in [0.25, 0.3) is 11.7 Å². The Bertz CT molecular complexity index is 1030. The van der Waals surface area contributed by atoms with E-state index in [9.17, 15) is 19.8 Å². The molecule has 1 unspecified atom stereocenters. The zero-order valence-corrected chi connectivity index (χ0v) is 18.3. The Morgan fingerprint density at radius 3 is 2.47 bits per heavy atom. The second-order valence-corrected chi connectivity index (χ2v) is 8.34. The monoisotopic (exact) mass is 456 g/mol. The Balaban J connectivity index is 1.67. The molecule has 7 nitrogen and oxygen atoms in total. The molecule has 2 fully saturated rings. The van der Waals surface area contributed by atoms with Gasteiger partial charge in [-0.2, -0.15) is 0 Å². The molecule has 0 aliphatic carbocycles. The SMILES string of the molecule is O=C1C(=O)N(CCCN2CCOCC2)C(c2cccc(O)c2)/C1=C(\O)c1ccc(Cl)cc1. The van der Waals surface area contributed by atoms with Crippen molar-refractivity contribution in [3.8, 4) is 5.75 Å². The van der Waals surface area contributed by atoms with E-state index in [1.807, 2.05) is 0 Å². The molecule has 2 heterocycles. The van der Waals surface area contributed by atoms with Crippen molar-refractivity contribution >= 4 is 29.1 Å². The van der Waals surface area contributed by atoms with E-state index in [0.717, 1.165) is 19.6 Å². The molecular weight excluding hydrogens is 432 g/mol. The number of benzene rings is 2. The number of Topliss-reactive ketones (excluding diaryl/α,β-unsaturated/α-hetero) is 1. The van der Waals surface area contributed by atoms with Gasteiger partial charge in [-0.1, -0.05) is 23.7 Å². The molecule has 0 bridgehead atoms. The van der Waals surface area contributed by atoms with E-state index in [2.05, 4.69) is 4.90 Å². The van der Waals surface area contributed by atoms with Crippen molar-refractivity contribution in [2.24, 2.45) is 0 Å². The Morgan fingerprint density at radius 2 is 1.78 bits per heavy atom. The smallest absolute Gasteiger partial charge is 0.295 e. The lowest BCUT2D eigenvalue weighted by atomic mass is 9.95. The second kappa shape index (κ2) is 9.73. The summed E-state index contributed by atoms with van der Waals surface area (Å²) >= 11 is 5.95. The number of amides is 1. The van der Waals surface area contributed by atoms with Gasteiger partial charge in [-0.3, -0.25) is 14.5 Å². The molecule has 2 N–H and O–H groups in total. The third-order valence-electron chi connectivity index (χ3n) is 5.82. The third-order valence-corrected chi connectivity index (χ3v) is 6.07. The maximum atomic E-state index is 13.0. The van der Waals surface area contributed by atoms with E-state index < -0.39 is 17.7 Å². The number of hydrogen-bond donors (Lipinski definition) is 2. The van der Waals surface area contributed by atoms with Crippen LogP contribution in [0.4, 0.5) is 0 Å². The zero-order chi connectivity index (χ0) is 22.7. The average Bonchev–Trinajstić information content (AvgIpc) is 3.05. The van der Waals surface area contributed by atoms with Gasteiger partial charge in [0.2, 0.25) is 0 Å². The molecule has 4 rings (SSSR count). The molecule has 2 aromatic carbocycles. The molecular formula is C24H25ClN2O5. The van der Waals surface area contributed by atoms with Crippen LogP contribution >= 0.6 is 11.6 Å². The fraction of sp³-hybridized carbons (Fsp3) is 0.333. The molecule has 2 aliphatic heterocycles. The average molecular weight is 457 g/mol. The quantitative estimate of drug-likeness (QED) is 0.394. The summed E-state index contributed by atoms with van der Waals surface area (Å²) in [5, 5.41) is 21.5. The van der Waals surface area contributed by atoms with Gasteiger partial charge in [-0.25, -0.2) is 0 Å². The third kappa shape index (κ3) is 4.65. The number of morpholine rings is 1. The number of likely N-dealkylation sites (tertiary alicyclic amines) is 1. The van der Waals surface area contributed by atoms with Crippen LogP contribution < -0.4 is 0 Å². The van der Waals surface area contributed by atoms with E-state index in [-0.39, 0.29) is 17.1 Å². The van der Waals surface area contributed by atoms with Gasteiger partial charge >= 0.3 is 0 Å². The van der Waals surface area contributed by atoms with Crippen LogP contribution in [0.5, 0.6) is 5.75 Å². The van der Waals surface area contributed by atoms with Gasteiger partial charge in [-0.05, 0) is 48.4 Å². The number of aromatic hydroxyl groups is 1. The highest BCUT2D eigenvalue weighted by Crippen LogP contribution is 2.40. The van der Waals surface area contributed by atoms with Crippen LogP contribution in [0.25, 0.3) is 5.76 Å². The van der Waals surface area contributed by atoms with Gasteiger partial charge in [0.05, 0.1) is 24.8 Å². The number of hydrogen-bond acceptors (Lipinski definition) is 6. The molecule has 2 aromatic rings. The van der Waals surface area contributed by atoms with E-state index in [1.54, 1.807) is 36.4 Å². The number of rotatable bonds is 6. The van der Waals surface area contributed by atoms with Crippen LogP contribution in [0.15, 0.2) is 54.1 Å². The number of phenols is 1. The van der Waals surface area contributed by atoms with Crippen molar-refractivity contribution in [2.45, 2.75) is 12.5 Å². The van der Waals surface area contributed by atoms with Crippen molar-refractivity contribution < 1.29 is 24.5 Å². The van der Waals surface area contributed by atoms with Gasteiger partial charge in [-0.15, -0.1) is 0 Å². The van der Waals surface area contributed by atoms with E-state index in [0.29, 0.717) is 42.3 Å². The molecule has 8 heteroatoms. The van der Waals surface area contributed by atoms with Crippen molar-refractivity contribution in [2.75, 3.05) is 39.4 Å². The zero-order valence-electron chi connectivity index (χ0n) is 17.5. The van der Waals surface area contributed by atoms with Crippen molar-refractivity contribution in [1.29, 1.82) is 0 Å². The predicted molar refractivity (Wildman–Crippen MR) is 120 cm³/mol. The number of halogens is 1. The normalized spacial score (nSPS) is 21.3. The van der Waals surface area contributed by atoms with Gasteiger partial charge < -0.3 is 19.8 Å². The summed E-state index contributed by atoms with van der Waals surface area (Å²) in [4.78, 5) is 29.7. The topological polar surface area (TPSA) is 90.3 Å². The summed E-state index contributed by atoms with van der Waals surface area (Å²) in [5.41, 5.74) is 0.964. The first kappa shape index (κ1) is 22.3. The highest BCUT2D eigenvalue weighted by Gasteiger charge is 2.45. The van der Waals surface area contributed by atoms with Gasteiger partial charge in [0, 0.05) is 36.8 Å². The summed E-state index contributed by atoms with van der Waals surface area (Å²) in [7, 11) is 0. The van der Waals surface area contributed by atoms with Crippen LogP contribution in [0.1, 0.15) is 23.6 Å². The highest BCUT2D eigenvalue weighted by molar-refractivity contribution is 6.46. The second-order valence-electron chi connectivity index (χ2n) is 7.90. The number of nitrogens with zero attached hydrogens (tertiary/aromatic N) is 2. The number of aliphatic hydroxyl groups is 1. The summed E-state index contributed by atoms with van der Waals surface area (Å²) in [6, 6.07) is 12.1. The summed E-state index contributed by atoms with van der Waals surface area (Å²) in [5.74, 6) is -1.63. The largest absolute Gasteiger partial charge is 0.508 e. The summed E-state index contributed by atoms with van der Waals surface area (Å²) in [6.07, 6.45) is 0.670. The Hall–Kier alpha value is -2.87. The Morgan fingerprint density at radius 1 is 1.06 bits per heavy atom. The molecule has 1 atom stereocenters. The molecule has 0 spiro atoms. The maximum absolute atomic E-state index is 13.0. The number of phenolic OH excluding ortho intramolecular Hbond substituents is 1. The Labute approximate surface area is 191 Å². The van der Waals surface area contributed by atoms with Crippen LogP contribution in [0.3, 0.4) is 0 Å². The molecule has 0 radical (unpaired) electrons. The minimum atomic E-state index is -0.789. The maximum Gasteiger partial charge on any atom is 0.295 e. The molecule has 32 heavy (non-hydrogen) atoms. The first-order valence-electron chi connectivity index (χ1n) is 10.6. The highest BCUT2D eigenvalue weighted by atomic mass is 35.5. The molecule has 1 amide bonds. The van der Waals surface area contributed by atoms with Crippen molar-refractivity contribution in [3.05, 3.63) is 70.3 Å². The first-order chi connectivity index (χ1) is 15.5. The van der Waals surface area contributed by atoms with E-state index in [4.69, 9.17) is 16.3 Å². The van der Waals surface area contributed by atoms with Crippen molar-refractivity contribution in [3.63, 3.8) is 0 Å². The van der Waals surface area contributed by atoms with Crippen LogP contribution in [0.2, 0.25) is 5.02 Å². The van der Waals surface area contributed by atoms with Crippen LogP contribution in [-0.4, -0.2) is 71.1 Å². The first-order valence-corrected chi connectivity index (χ1v) is 11.0. The lowest BCUT2D eigenvalue weighted by Gasteiger charge is -2.29. The van der Waals surface area contributed by atoms with E-state index in [1.165, 1.54) is 17.0 Å². The molecule has 0 aromatic heterocycles. The number of carbonyl (C=O) groups excluding carboxylic acids is 2. The lowest BCUT2D eigenvalue weighted by molar-refractivity contribution is -0.140. The fourth-order valence-electron chi connectivity index (χ4n) is 4.20. The van der Waals surface area contributed by atoms with Gasteiger partial charge in [0.1, 0.15) is 11.5 Å². The van der Waals surface area contributed by atoms with Crippen LogP contribution in [0, 0.1) is 0 Å². The summed E-state index contributed by atoms with van der Waals surface area (Å²) < 4.78 is 5.37. The minimum absolute atomic E-state index is 0.00861. The lowest BCUT2D eigenvalue weighted by Crippen LogP contribution is -2.38. The summed E-state index contributed by atoms with van der Waals surface area (Å²) in [6.45, 7) is 4.18. The number of ether oxygens (including phenoxy) is 1. The van der Waals surface area contributed by atoms with Crippen LogP contribution in [-0.2, 0) is 14.3 Å². The van der Waals surface area contributed by atoms with E-state index >= 15 is 0 Å². The minimum Gasteiger partial charge on any atom is -0.508 e. The number of carbonyl (C=O) groups is 2. The predicted octanol–water partition coefficient (Wildman–Crippen LogP) is 3.19. The fourth-order valence-corrected chi connectivity index (χ4v) is 4.33. The molecule has 2 saturated heterocycles. The number of ketones is 1. The van der Waals surface area contributed by atoms with Crippen molar-refractivity contribution in [1.82, 2.24) is 9.80 Å². The molecule has 2 aliphatic rings. The standard InChI is InChI=1S/C24H25ClN2O5/c25-18-7-5-16(6-8-18)22(29)20-21(17-3-1-4-19(28)15-17)27(24(31)23(20)30)10-2-9-26-11-13-32-14-12-26/h1,3-8,15,21,28-29H,2,9-14H2/b22-20+. The number of aliphatic hydroxyl groups excluding tert-OH is 1. The Kier molecular flexibility index (Phi) is 6.79. The molecule has 168 valence electrons. The molecule has 0 saturated carbocycles. The van der Waals surface area contributed by atoms with Gasteiger partial charge in [0.15, 0.2) is 0 Å².